The van der Waals surface area contributed by atoms with Crippen LogP contribution in [0.4, 0.5) is 0 Å². The smallest absolute Gasteiger partial charge is 0.326 e. The van der Waals surface area contributed by atoms with Crippen LogP contribution in [0.15, 0.2) is 165 Å². The molecule has 0 spiro atoms. The second-order valence-electron chi connectivity index (χ2n) is 25.9. The van der Waals surface area contributed by atoms with E-state index in [-0.39, 0.29) is 172 Å². The Morgan fingerprint density at radius 1 is 0.243 bits per heavy atom. The lowest BCUT2D eigenvalue weighted by Gasteiger charge is -2.27. The molecule has 0 bridgehead atoms. The van der Waals surface area contributed by atoms with Crippen LogP contribution in [0.2, 0.25) is 0 Å². The number of carbonyl (C=O) groups is 15. The Morgan fingerprint density at radius 2 is 0.378 bits per heavy atom. The highest BCUT2D eigenvalue weighted by Gasteiger charge is 2.30. The highest BCUT2D eigenvalue weighted by molar-refractivity contribution is 6.05. The van der Waals surface area contributed by atoms with Gasteiger partial charge in [0.05, 0.1) is 0 Å². The molecule has 6 atom stereocenters. The van der Waals surface area contributed by atoms with Gasteiger partial charge >= 0.3 is 35.8 Å². The highest BCUT2D eigenvalue weighted by atomic mass is 16.4. The molecule has 6 heterocycles. The fourth-order valence-electron chi connectivity index (χ4n) is 12.3. The summed E-state index contributed by atoms with van der Waals surface area (Å²) >= 11 is 0. The summed E-state index contributed by atoms with van der Waals surface area (Å²) in [6, 6.07) is 16.1. The van der Waals surface area contributed by atoms with E-state index in [9.17, 15) is 88.2 Å². The molecule has 111 heavy (non-hydrogen) atoms. The number of aliphatic carboxylic acids is 6. The van der Waals surface area contributed by atoms with Gasteiger partial charge in [-0.15, -0.1) is 0 Å². The molecule has 7 aromatic rings. The SMILES string of the molecule is O=C(CC[C@H](C(=O)O)n1cccc1)NCCN(CCNC(=O)CC[C@H](C(=O)O)n1cccc1)C(=O)c1cc(C(=O)N(CCNC(=O)CC[C@H](C(=O)O)n2cccc2)CCNC(=O)CC[C@@H](C(=O)O)n2cccc2)cc(C(=O)N(CCNC(=O)CC[C@H](C(=O)O)n2cccc2)CCNC(=O)CC[C@@H](C(=O)O)n2cccc2)c1. The van der Waals surface area contributed by atoms with Gasteiger partial charge in [0.1, 0.15) is 36.3 Å². The number of benzene rings is 1. The molecular formula is C75H93N15O21. The Hall–Kier alpha value is -13.1. The van der Waals surface area contributed by atoms with E-state index in [1.54, 1.807) is 72.8 Å². The summed E-state index contributed by atoms with van der Waals surface area (Å²) in [4.78, 5) is 204. The van der Waals surface area contributed by atoms with Gasteiger partial charge in [0.2, 0.25) is 35.4 Å². The van der Waals surface area contributed by atoms with E-state index in [1.165, 1.54) is 102 Å². The predicted molar refractivity (Wildman–Crippen MR) is 394 cm³/mol. The lowest BCUT2D eigenvalue weighted by molar-refractivity contribution is -0.142. The second kappa shape index (κ2) is 43.7. The van der Waals surface area contributed by atoms with Crippen LogP contribution in [0, 0.1) is 0 Å². The third kappa shape index (κ3) is 27.3. The first-order chi connectivity index (χ1) is 53.3. The lowest BCUT2D eigenvalue weighted by atomic mass is 10.0. The Labute approximate surface area is 636 Å². The van der Waals surface area contributed by atoms with Crippen LogP contribution < -0.4 is 31.9 Å². The van der Waals surface area contributed by atoms with Crippen molar-refractivity contribution in [2.45, 2.75) is 113 Å². The Balaban J connectivity index is 1.23. The molecule has 12 N–H and O–H groups in total. The molecule has 6 aromatic heterocycles. The average Bonchev–Trinajstić information content (AvgIpc) is 1.08. The molecule has 36 heteroatoms. The van der Waals surface area contributed by atoms with Crippen molar-refractivity contribution >= 4 is 89.0 Å². The zero-order valence-electron chi connectivity index (χ0n) is 60.9. The zero-order valence-corrected chi connectivity index (χ0v) is 60.9. The predicted octanol–water partition coefficient (Wildman–Crippen LogP) is 3.16. The number of nitrogens with one attached hydrogen (secondary N) is 6. The Morgan fingerprint density at radius 3 is 0.505 bits per heavy atom. The zero-order chi connectivity index (χ0) is 80.4. The van der Waals surface area contributed by atoms with Crippen molar-refractivity contribution in [2.75, 3.05) is 78.5 Å². The molecule has 0 aliphatic rings. The lowest BCUT2D eigenvalue weighted by Crippen LogP contribution is -2.44. The van der Waals surface area contributed by atoms with Gasteiger partial charge in [-0.1, -0.05) is 0 Å². The van der Waals surface area contributed by atoms with Crippen molar-refractivity contribution in [1.29, 1.82) is 0 Å². The van der Waals surface area contributed by atoms with E-state index >= 15 is 14.4 Å². The molecule has 0 unspecified atom stereocenters. The van der Waals surface area contributed by atoms with Crippen molar-refractivity contribution in [3.05, 3.63) is 182 Å². The van der Waals surface area contributed by atoms with Gasteiger partial charge in [-0.05, 0) is 130 Å². The number of hydrogen-bond acceptors (Lipinski definition) is 15. The van der Waals surface area contributed by atoms with Crippen LogP contribution >= 0.6 is 0 Å². The minimum absolute atomic E-state index is 0.144. The van der Waals surface area contributed by atoms with Crippen molar-refractivity contribution in [3.63, 3.8) is 0 Å². The van der Waals surface area contributed by atoms with Gasteiger partial charge in [-0.2, -0.15) is 0 Å². The highest BCUT2D eigenvalue weighted by Crippen LogP contribution is 2.23. The summed E-state index contributed by atoms with van der Waals surface area (Å²) in [6.45, 7) is -3.84. The molecule has 1 aromatic carbocycles. The fraction of sp³-hybridized carbons (Fsp3) is 0.400. The maximum Gasteiger partial charge on any atom is 0.326 e. The van der Waals surface area contributed by atoms with E-state index in [2.05, 4.69) is 31.9 Å². The largest absolute Gasteiger partial charge is 0.480 e. The molecule has 9 amide bonds. The number of rotatable bonds is 51. The van der Waals surface area contributed by atoms with E-state index in [1.807, 2.05) is 0 Å². The maximum absolute atomic E-state index is 15.5. The first kappa shape index (κ1) is 85.2. The monoisotopic (exact) mass is 1540 g/mol. The fourth-order valence-corrected chi connectivity index (χ4v) is 12.3. The standard InChI is InChI=1S/C75H93N15O21/c91-61(19-13-55(70(100)101)82-31-1-2-32-82)76-25-43-88(44-26-77-62(92)20-14-56(71(102)103)83-33-3-4-34-83)67(97)52-49-53(68(98)89(45-27-78-63(93)21-15-57(72(104)105)84-35-5-6-36-84)46-28-79-64(94)22-16-58(73(106)107)85-37-7-8-38-85)51-54(50-52)69(99)90(47-29-80-65(95)23-17-59(74(108)109)86-39-9-10-40-86)48-30-81-66(96)24-18-60(75(110)111)87-41-11-12-42-87/h1-12,31-42,49-51,55-60H,13-30,43-48H2,(H,76,91)(H,77,92)(H,78,93)(H,79,94)(H,80,95)(H,81,96)(H,100,101)(H,102,103)(H,104,105)(H,106,107)(H,108,109)(H,110,111)/t55-,56-,57-,58+,59-,60+/m1/s1. The number of nitrogens with zero attached hydrogens (tertiary/aromatic N) is 9. The van der Waals surface area contributed by atoms with E-state index in [0.717, 1.165) is 32.9 Å². The topological polar surface area (TPSA) is 489 Å². The number of carboxylic acids is 6. The first-order valence-electron chi connectivity index (χ1n) is 36.0. The quantitative estimate of drug-likeness (QED) is 0.0260. The van der Waals surface area contributed by atoms with E-state index < -0.39 is 125 Å². The summed E-state index contributed by atoms with van der Waals surface area (Å²) in [5.41, 5.74) is -1.10. The third-order valence-electron chi connectivity index (χ3n) is 18.3. The van der Waals surface area contributed by atoms with Crippen LogP contribution in [0.5, 0.6) is 0 Å². The second-order valence-corrected chi connectivity index (χ2v) is 25.9. The molecule has 7 rings (SSSR count). The van der Waals surface area contributed by atoms with Gasteiger partial charge < -0.3 is 105 Å². The average molecular weight is 1540 g/mol. The van der Waals surface area contributed by atoms with E-state index in [4.69, 9.17) is 0 Å². The minimum Gasteiger partial charge on any atom is -0.480 e. The summed E-state index contributed by atoms with van der Waals surface area (Å²) < 4.78 is 8.49. The van der Waals surface area contributed by atoms with Crippen molar-refractivity contribution in [2.24, 2.45) is 0 Å². The number of aromatic nitrogens is 6. The van der Waals surface area contributed by atoms with E-state index in [0.29, 0.717) is 0 Å². The van der Waals surface area contributed by atoms with Gasteiger partial charge in [0.15, 0.2) is 0 Å². The summed E-state index contributed by atoms with van der Waals surface area (Å²) in [7, 11) is 0. The molecule has 0 radical (unpaired) electrons. The normalized spacial score (nSPS) is 12.6. The molecule has 0 aliphatic heterocycles. The molecule has 0 fully saturated rings. The van der Waals surface area contributed by atoms with Crippen LogP contribution in [-0.4, -0.2) is 240 Å². The van der Waals surface area contributed by atoms with Crippen LogP contribution in [-0.2, 0) is 57.5 Å². The Bertz CT molecular complexity index is 3580. The summed E-state index contributed by atoms with van der Waals surface area (Å²) in [5, 5.41) is 76.0. The summed E-state index contributed by atoms with van der Waals surface area (Å²) in [6.07, 6.45) is 15.7. The molecule has 0 aliphatic carbocycles. The minimum atomic E-state index is -1.21. The van der Waals surface area contributed by atoms with Gasteiger partial charge in [-0.25, -0.2) is 28.8 Å². The van der Waals surface area contributed by atoms with Crippen molar-refractivity contribution < 1.29 is 103 Å². The Kier molecular flexibility index (Phi) is 33.5. The summed E-state index contributed by atoms with van der Waals surface area (Å²) in [5.74, 6) is -13.7. The number of carbonyl (C=O) groups excluding carboxylic acids is 9. The van der Waals surface area contributed by atoms with Crippen LogP contribution in [0.25, 0.3) is 0 Å². The van der Waals surface area contributed by atoms with Crippen molar-refractivity contribution in [1.82, 2.24) is 74.0 Å². The molecular weight excluding hydrogens is 1450 g/mol. The number of hydrogen-bond donors (Lipinski definition) is 12. The van der Waals surface area contributed by atoms with Crippen molar-refractivity contribution in [3.8, 4) is 0 Å². The van der Waals surface area contributed by atoms with Gasteiger partial charge in [0, 0.05) is 208 Å². The van der Waals surface area contributed by atoms with Gasteiger partial charge in [0.25, 0.3) is 17.7 Å². The molecule has 0 saturated carbocycles. The molecule has 36 nitrogen and oxygen atoms in total. The maximum atomic E-state index is 15.5. The van der Waals surface area contributed by atoms with Crippen LogP contribution in [0.1, 0.15) is 144 Å². The molecule has 594 valence electrons. The molecule has 0 saturated heterocycles. The van der Waals surface area contributed by atoms with Crippen LogP contribution in [0.3, 0.4) is 0 Å². The van der Waals surface area contributed by atoms with Gasteiger partial charge in [-0.3, -0.25) is 43.2 Å². The third-order valence-corrected chi connectivity index (χ3v) is 18.3. The number of carboxylic acid groups (broad SMARTS) is 6. The number of amides is 9. The first-order valence-corrected chi connectivity index (χ1v) is 36.0.